The standard InChI is InChI=1S/C25H28FN3O5S/c1-28(2)35(31,32)29(24-10-5-4-9-23(24)26)18-19-11-13-20(14-12-19)25(30)27-15-16-34-22-8-6-7-21(17-22)33-3/h4-14,17H,15-16,18H2,1-3H3,(H,27,30). The fraction of sp³-hybridized carbons (Fsp3) is 0.240. The van der Waals surface area contributed by atoms with Gasteiger partial charge < -0.3 is 14.8 Å². The topological polar surface area (TPSA) is 88.2 Å². The quantitative estimate of drug-likeness (QED) is 0.407. The van der Waals surface area contributed by atoms with Gasteiger partial charge in [0.2, 0.25) is 0 Å². The summed E-state index contributed by atoms with van der Waals surface area (Å²) in [4.78, 5) is 12.5. The Balaban J connectivity index is 1.62. The Labute approximate surface area is 205 Å². The number of rotatable bonds is 11. The molecular weight excluding hydrogens is 473 g/mol. The molecule has 3 aromatic carbocycles. The lowest BCUT2D eigenvalue weighted by molar-refractivity contribution is 0.0947. The van der Waals surface area contributed by atoms with E-state index in [1.54, 1.807) is 49.6 Å². The van der Waals surface area contributed by atoms with Crippen molar-refractivity contribution >= 4 is 21.8 Å². The first kappa shape index (κ1) is 26.0. The second kappa shape index (κ2) is 11.7. The van der Waals surface area contributed by atoms with Gasteiger partial charge in [-0.05, 0) is 42.0 Å². The molecule has 0 aliphatic rings. The van der Waals surface area contributed by atoms with Gasteiger partial charge in [-0.2, -0.15) is 12.7 Å². The first-order valence-electron chi connectivity index (χ1n) is 10.8. The lowest BCUT2D eigenvalue weighted by atomic mass is 10.1. The van der Waals surface area contributed by atoms with Gasteiger partial charge in [0.1, 0.15) is 23.9 Å². The van der Waals surface area contributed by atoms with Crippen LogP contribution in [0.1, 0.15) is 15.9 Å². The minimum Gasteiger partial charge on any atom is -0.497 e. The number of ether oxygens (including phenoxy) is 2. The number of methoxy groups -OCH3 is 1. The number of halogens is 1. The number of benzene rings is 3. The summed E-state index contributed by atoms with van der Waals surface area (Å²) in [5.74, 6) is 0.372. The van der Waals surface area contributed by atoms with Gasteiger partial charge >= 0.3 is 10.2 Å². The Morgan fingerprint density at radius 1 is 0.971 bits per heavy atom. The summed E-state index contributed by atoms with van der Waals surface area (Å²) in [6.45, 7) is 0.467. The predicted octanol–water partition coefficient (Wildman–Crippen LogP) is 3.46. The van der Waals surface area contributed by atoms with Crippen molar-refractivity contribution in [3.63, 3.8) is 0 Å². The molecule has 3 rings (SSSR count). The van der Waals surface area contributed by atoms with Gasteiger partial charge in [-0.3, -0.25) is 9.10 Å². The highest BCUT2D eigenvalue weighted by Gasteiger charge is 2.27. The van der Waals surface area contributed by atoms with E-state index in [-0.39, 0.29) is 24.7 Å². The third-order valence-corrected chi connectivity index (χ3v) is 6.91. The number of nitrogens with zero attached hydrogens (tertiary/aromatic N) is 2. The van der Waals surface area contributed by atoms with Crippen LogP contribution in [0.2, 0.25) is 0 Å². The van der Waals surface area contributed by atoms with Crippen LogP contribution in [0.15, 0.2) is 72.8 Å². The third-order valence-electron chi connectivity index (χ3n) is 5.10. The average molecular weight is 502 g/mol. The highest BCUT2D eigenvalue weighted by Crippen LogP contribution is 2.25. The van der Waals surface area contributed by atoms with Crippen molar-refractivity contribution in [3.8, 4) is 11.5 Å². The van der Waals surface area contributed by atoms with Crippen molar-refractivity contribution < 1.29 is 27.1 Å². The molecule has 0 saturated carbocycles. The van der Waals surface area contributed by atoms with Crippen LogP contribution in [0, 0.1) is 5.82 Å². The maximum atomic E-state index is 14.4. The highest BCUT2D eigenvalue weighted by molar-refractivity contribution is 7.90. The number of carbonyl (C=O) groups is 1. The predicted molar refractivity (Wildman–Crippen MR) is 132 cm³/mol. The molecule has 0 radical (unpaired) electrons. The summed E-state index contributed by atoms with van der Waals surface area (Å²) in [6.07, 6.45) is 0. The molecule has 3 aromatic rings. The van der Waals surface area contributed by atoms with E-state index in [1.165, 1.54) is 32.3 Å². The molecule has 0 aliphatic carbocycles. The summed E-state index contributed by atoms with van der Waals surface area (Å²) in [5, 5.41) is 2.77. The Kier molecular flexibility index (Phi) is 8.67. The van der Waals surface area contributed by atoms with Crippen molar-refractivity contribution in [1.29, 1.82) is 0 Å². The summed E-state index contributed by atoms with van der Waals surface area (Å²) >= 11 is 0. The van der Waals surface area contributed by atoms with Crippen LogP contribution in [0.3, 0.4) is 0 Å². The number of hydrogen-bond donors (Lipinski definition) is 1. The number of carbonyl (C=O) groups excluding carboxylic acids is 1. The van der Waals surface area contributed by atoms with Crippen LogP contribution in [0.25, 0.3) is 0 Å². The number of nitrogens with one attached hydrogen (secondary N) is 1. The van der Waals surface area contributed by atoms with E-state index in [9.17, 15) is 17.6 Å². The molecule has 8 nitrogen and oxygen atoms in total. The summed E-state index contributed by atoms with van der Waals surface area (Å²) < 4.78 is 52.9. The van der Waals surface area contributed by atoms with Crippen LogP contribution in [-0.2, 0) is 16.8 Å². The van der Waals surface area contributed by atoms with E-state index in [1.807, 2.05) is 12.1 Å². The van der Waals surface area contributed by atoms with E-state index in [0.29, 0.717) is 29.2 Å². The Hall–Kier alpha value is -3.63. The second-order valence-corrected chi connectivity index (χ2v) is 9.80. The molecule has 0 spiro atoms. The fourth-order valence-electron chi connectivity index (χ4n) is 3.20. The molecule has 1 N–H and O–H groups in total. The molecule has 0 unspecified atom stereocenters. The highest BCUT2D eigenvalue weighted by atomic mass is 32.2. The van der Waals surface area contributed by atoms with Crippen molar-refractivity contribution in [2.24, 2.45) is 0 Å². The number of anilines is 1. The van der Waals surface area contributed by atoms with E-state index in [0.717, 1.165) is 8.61 Å². The lowest BCUT2D eigenvalue weighted by Gasteiger charge is -2.27. The van der Waals surface area contributed by atoms with Gasteiger partial charge in [0.25, 0.3) is 5.91 Å². The number of hydrogen-bond acceptors (Lipinski definition) is 5. The first-order chi connectivity index (χ1) is 16.7. The summed E-state index contributed by atoms with van der Waals surface area (Å²) in [5.41, 5.74) is 0.943. The van der Waals surface area contributed by atoms with E-state index in [2.05, 4.69) is 5.32 Å². The van der Waals surface area contributed by atoms with Crippen molar-refractivity contribution in [2.75, 3.05) is 38.7 Å². The summed E-state index contributed by atoms with van der Waals surface area (Å²) in [6, 6.07) is 19.3. The Morgan fingerprint density at radius 2 is 1.66 bits per heavy atom. The molecule has 0 bridgehead atoms. The molecule has 0 aliphatic heterocycles. The summed E-state index contributed by atoms with van der Waals surface area (Å²) in [7, 11) is 0.384. The molecule has 0 atom stereocenters. The zero-order valence-electron chi connectivity index (χ0n) is 19.8. The van der Waals surface area contributed by atoms with Gasteiger partial charge in [0.05, 0.1) is 25.9 Å². The fourth-order valence-corrected chi connectivity index (χ4v) is 4.30. The van der Waals surface area contributed by atoms with Crippen molar-refractivity contribution in [2.45, 2.75) is 6.54 Å². The molecule has 0 fully saturated rings. The molecule has 0 saturated heterocycles. The van der Waals surface area contributed by atoms with Gasteiger partial charge in [0.15, 0.2) is 0 Å². The molecule has 1 amide bonds. The SMILES string of the molecule is COc1cccc(OCCNC(=O)c2ccc(CN(c3ccccc3F)S(=O)(=O)N(C)C)cc2)c1. The van der Waals surface area contributed by atoms with Gasteiger partial charge in [-0.1, -0.05) is 30.3 Å². The normalized spacial score (nSPS) is 11.2. The maximum absolute atomic E-state index is 14.4. The van der Waals surface area contributed by atoms with Crippen molar-refractivity contribution in [1.82, 2.24) is 9.62 Å². The van der Waals surface area contributed by atoms with Crippen LogP contribution in [0.4, 0.5) is 10.1 Å². The molecule has 0 aromatic heterocycles. The average Bonchev–Trinajstić information content (AvgIpc) is 2.86. The van der Waals surface area contributed by atoms with Crippen LogP contribution >= 0.6 is 0 Å². The number of amides is 1. The smallest absolute Gasteiger partial charge is 0.303 e. The van der Waals surface area contributed by atoms with Gasteiger partial charge in [0, 0.05) is 25.7 Å². The zero-order chi connectivity index (χ0) is 25.4. The molecule has 35 heavy (non-hydrogen) atoms. The molecular formula is C25H28FN3O5S. The molecule has 10 heteroatoms. The van der Waals surface area contributed by atoms with E-state index >= 15 is 0 Å². The van der Waals surface area contributed by atoms with E-state index in [4.69, 9.17) is 9.47 Å². The minimum atomic E-state index is -3.96. The number of para-hydroxylation sites is 1. The van der Waals surface area contributed by atoms with Crippen molar-refractivity contribution in [3.05, 3.63) is 89.7 Å². The monoisotopic (exact) mass is 501 g/mol. The molecule has 0 heterocycles. The third kappa shape index (κ3) is 6.71. The Bertz CT molecular complexity index is 1250. The maximum Gasteiger partial charge on any atom is 0.303 e. The zero-order valence-corrected chi connectivity index (χ0v) is 20.6. The minimum absolute atomic E-state index is 0.0564. The van der Waals surface area contributed by atoms with Crippen LogP contribution < -0.4 is 19.1 Å². The van der Waals surface area contributed by atoms with E-state index < -0.39 is 16.0 Å². The van der Waals surface area contributed by atoms with Gasteiger partial charge in [-0.25, -0.2) is 4.39 Å². The van der Waals surface area contributed by atoms with Gasteiger partial charge in [-0.15, -0.1) is 0 Å². The lowest BCUT2D eigenvalue weighted by Crippen LogP contribution is -2.40. The van der Waals surface area contributed by atoms with Crippen LogP contribution in [0.5, 0.6) is 11.5 Å². The van der Waals surface area contributed by atoms with Crippen LogP contribution in [-0.4, -0.2) is 53.0 Å². The Morgan fingerprint density at radius 3 is 2.31 bits per heavy atom. The second-order valence-electron chi connectivity index (χ2n) is 7.73. The largest absolute Gasteiger partial charge is 0.497 e. The molecule has 186 valence electrons. The first-order valence-corrected chi connectivity index (χ1v) is 12.2.